The number of imide groups is 1. The summed E-state index contributed by atoms with van der Waals surface area (Å²) in [5.74, 6) is 1.11. The third-order valence-electron chi connectivity index (χ3n) is 8.01. The van der Waals surface area contributed by atoms with Crippen molar-refractivity contribution in [3.8, 4) is 5.75 Å². The molecule has 0 radical (unpaired) electrons. The number of rotatable bonds is 7. The van der Waals surface area contributed by atoms with Crippen LogP contribution in [0.3, 0.4) is 0 Å². The molecule has 5 aliphatic rings. The highest BCUT2D eigenvalue weighted by molar-refractivity contribution is 6.05. The van der Waals surface area contributed by atoms with Crippen LogP contribution < -0.4 is 10.1 Å². The lowest BCUT2D eigenvalue weighted by atomic mass is 9.96. The summed E-state index contributed by atoms with van der Waals surface area (Å²) in [4.78, 5) is 48.8. The monoisotopic (exact) mass is 519 g/mol. The van der Waals surface area contributed by atoms with Crippen molar-refractivity contribution in [2.75, 3.05) is 39.3 Å². The largest absolute Gasteiger partial charge is 0.493 e. The number of fused-ring (bicyclic) bond motifs is 2. The van der Waals surface area contributed by atoms with Crippen LogP contribution in [0.1, 0.15) is 41.6 Å². The molecule has 0 saturated carbocycles. The Labute approximate surface area is 221 Å². The molecule has 2 fully saturated rings. The van der Waals surface area contributed by atoms with E-state index in [1.54, 1.807) is 11.0 Å². The fourth-order valence-electron chi connectivity index (χ4n) is 5.88. The van der Waals surface area contributed by atoms with Gasteiger partial charge in [-0.15, -0.1) is 0 Å². The minimum atomic E-state index is -0.619. The maximum Gasteiger partial charge on any atom is 0.255 e. The van der Waals surface area contributed by atoms with E-state index in [9.17, 15) is 14.4 Å². The van der Waals surface area contributed by atoms with Gasteiger partial charge in [0, 0.05) is 43.7 Å². The van der Waals surface area contributed by atoms with Crippen LogP contribution >= 0.6 is 0 Å². The molecule has 10 nitrogen and oxygen atoms in total. The molecule has 2 saturated heterocycles. The summed E-state index contributed by atoms with van der Waals surface area (Å²) in [6.45, 7) is 5.82. The zero-order valence-corrected chi connectivity index (χ0v) is 21.4. The van der Waals surface area contributed by atoms with E-state index < -0.39 is 11.9 Å². The standard InChI is InChI=1S/C28H33N5O5/c34-25-11-10-22(27(35)29-25)33-18-21-19(28(33)36)7-5-9-23(21)37-17-4-3-12-31-13-15-32(16-14-31)26-20-6-1-2-8-24(20)38-30-26/h1-2,5-9,20,22,24H,3-4,10-18H2,(H,29,34,35). The number of amidine groups is 1. The zero-order chi connectivity index (χ0) is 26.1. The third kappa shape index (κ3) is 4.80. The molecule has 200 valence electrons. The molecule has 1 aromatic carbocycles. The molecule has 3 atom stereocenters. The van der Waals surface area contributed by atoms with E-state index in [1.807, 2.05) is 18.2 Å². The molecule has 0 bridgehead atoms. The van der Waals surface area contributed by atoms with E-state index in [2.05, 4.69) is 38.5 Å². The molecule has 0 aromatic heterocycles. The SMILES string of the molecule is O=C1CCC(N2Cc3c(OCCCCN4CCN(C5=NOC6C=CC=CC56)CC4)cccc3C2=O)C(=O)N1. The number of hydrogen-bond donors (Lipinski definition) is 1. The molecule has 1 aromatic rings. The van der Waals surface area contributed by atoms with Crippen molar-refractivity contribution in [2.24, 2.45) is 11.1 Å². The second-order valence-corrected chi connectivity index (χ2v) is 10.4. The van der Waals surface area contributed by atoms with Crippen LogP contribution in [0.15, 0.2) is 47.7 Å². The minimum absolute atomic E-state index is 0.0394. The van der Waals surface area contributed by atoms with Crippen LogP contribution in [0, 0.1) is 5.92 Å². The Balaban J connectivity index is 0.941. The van der Waals surface area contributed by atoms with Crippen molar-refractivity contribution in [3.63, 3.8) is 0 Å². The molecular weight excluding hydrogens is 486 g/mol. The maximum atomic E-state index is 13.0. The number of nitrogens with one attached hydrogen (secondary N) is 1. The van der Waals surface area contributed by atoms with Gasteiger partial charge in [0.2, 0.25) is 11.8 Å². The summed E-state index contributed by atoms with van der Waals surface area (Å²) in [5.41, 5.74) is 1.40. The molecule has 3 unspecified atom stereocenters. The molecule has 38 heavy (non-hydrogen) atoms. The van der Waals surface area contributed by atoms with Crippen molar-refractivity contribution in [1.82, 2.24) is 20.0 Å². The predicted molar refractivity (Wildman–Crippen MR) is 139 cm³/mol. The van der Waals surface area contributed by atoms with Gasteiger partial charge in [0.15, 0.2) is 11.9 Å². The fraction of sp³-hybridized carbons (Fsp3) is 0.500. The number of hydrogen-bond acceptors (Lipinski definition) is 8. The molecule has 1 aliphatic carbocycles. The third-order valence-corrected chi connectivity index (χ3v) is 8.01. The van der Waals surface area contributed by atoms with Gasteiger partial charge in [-0.05, 0) is 44.0 Å². The number of nitrogens with zero attached hydrogens (tertiary/aromatic N) is 4. The number of carbonyl (C=O) groups is 3. The number of carbonyl (C=O) groups excluding carboxylic acids is 3. The Morgan fingerprint density at radius 2 is 1.89 bits per heavy atom. The summed E-state index contributed by atoms with van der Waals surface area (Å²) in [6, 6.07) is 4.87. The number of unbranched alkanes of at least 4 members (excludes halogenated alkanes) is 1. The van der Waals surface area contributed by atoms with Crippen LogP contribution in [-0.4, -0.2) is 89.7 Å². The van der Waals surface area contributed by atoms with Gasteiger partial charge in [-0.25, -0.2) is 0 Å². The highest BCUT2D eigenvalue weighted by Crippen LogP contribution is 2.33. The van der Waals surface area contributed by atoms with Gasteiger partial charge in [-0.1, -0.05) is 29.5 Å². The highest BCUT2D eigenvalue weighted by Gasteiger charge is 2.40. The first-order valence-corrected chi connectivity index (χ1v) is 13.5. The first-order valence-electron chi connectivity index (χ1n) is 13.5. The molecule has 6 rings (SSSR count). The smallest absolute Gasteiger partial charge is 0.255 e. The molecule has 10 heteroatoms. The molecule has 0 spiro atoms. The van der Waals surface area contributed by atoms with E-state index in [4.69, 9.17) is 9.57 Å². The quantitative estimate of drug-likeness (QED) is 0.432. The number of oxime groups is 1. The lowest BCUT2D eigenvalue weighted by Crippen LogP contribution is -2.52. The van der Waals surface area contributed by atoms with Gasteiger partial charge in [-0.3, -0.25) is 24.6 Å². The number of benzene rings is 1. The van der Waals surface area contributed by atoms with Gasteiger partial charge in [0.1, 0.15) is 11.8 Å². The van der Waals surface area contributed by atoms with E-state index >= 15 is 0 Å². The van der Waals surface area contributed by atoms with Crippen molar-refractivity contribution < 1.29 is 24.0 Å². The first-order chi connectivity index (χ1) is 18.6. The number of amides is 3. The maximum absolute atomic E-state index is 13.0. The first kappa shape index (κ1) is 24.7. The van der Waals surface area contributed by atoms with Gasteiger partial charge in [0.05, 0.1) is 19.1 Å². The molecule has 3 amide bonds. The number of piperazine rings is 1. The minimum Gasteiger partial charge on any atom is -0.493 e. The molecule has 4 aliphatic heterocycles. The van der Waals surface area contributed by atoms with Crippen LogP contribution in [0.2, 0.25) is 0 Å². The summed E-state index contributed by atoms with van der Waals surface area (Å²) in [5, 5.41) is 6.70. The van der Waals surface area contributed by atoms with Crippen LogP contribution in [0.25, 0.3) is 0 Å². The van der Waals surface area contributed by atoms with Crippen molar-refractivity contribution >= 4 is 23.6 Å². The fourth-order valence-corrected chi connectivity index (χ4v) is 5.88. The Morgan fingerprint density at radius 1 is 1.05 bits per heavy atom. The van der Waals surface area contributed by atoms with Gasteiger partial charge in [-0.2, -0.15) is 0 Å². The van der Waals surface area contributed by atoms with Gasteiger partial charge < -0.3 is 19.4 Å². The average Bonchev–Trinajstić information content (AvgIpc) is 3.51. The average molecular weight is 520 g/mol. The van der Waals surface area contributed by atoms with Crippen molar-refractivity contribution in [2.45, 2.75) is 44.4 Å². The molecule has 1 N–H and O–H groups in total. The summed E-state index contributed by atoms with van der Waals surface area (Å²) in [6.07, 6.45) is 10.9. The van der Waals surface area contributed by atoms with Gasteiger partial charge in [0.25, 0.3) is 5.91 Å². The van der Waals surface area contributed by atoms with E-state index in [1.165, 1.54) is 0 Å². The van der Waals surface area contributed by atoms with Crippen LogP contribution in [0.4, 0.5) is 0 Å². The normalized spacial score (nSPS) is 26.7. The Hall–Kier alpha value is -3.66. The number of ether oxygens (including phenoxy) is 1. The van der Waals surface area contributed by atoms with Crippen molar-refractivity contribution in [3.05, 3.63) is 53.6 Å². The zero-order valence-electron chi connectivity index (χ0n) is 21.4. The number of piperidine rings is 1. The second-order valence-electron chi connectivity index (χ2n) is 10.4. The topological polar surface area (TPSA) is 104 Å². The summed E-state index contributed by atoms with van der Waals surface area (Å²) < 4.78 is 6.10. The lowest BCUT2D eigenvalue weighted by Gasteiger charge is -2.36. The summed E-state index contributed by atoms with van der Waals surface area (Å²) >= 11 is 0. The molecular formula is C28H33N5O5. The van der Waals surface area contributed by atoms with Gasteiger partial charge >= 0.3 is 0 Å². The van der Waals surface area contributed by atoms with E-state index in [0.717, 1.165) is 57.0 Å². The van der Waals surface area contributed by atoms with Crippen LogP contribution in [-0.2, 0) is 21.0 Å². The van der Waals surface area contributed by atoms with Crippen LogP contribution in [0.5, 0.6) is 5.75 Å². The van der Waals surface area contributed by atoms with E-state index in [0.29, 0.717) is 30.9 Å². The van der Waals surface area contributed by atoms with Crippen molar-refractivity contribution in [1.29, 1.82) is 0 Å². The Kier molecular flexibility index (Phi) is 6.88. The number of allylic oxidation sites excluding steroid dienone is 2. The Bertz CT molecular complexity index is 1200. The predicted octanol–water partition coefficient (Wildman–Crippen LogP) is 1.68. The second kappa shape index (κ2) is 10.6. The Morgan fingerprint density at radius 3 is 2.74 bits per heavy atom. The summed E-state index contributed by atoms with van der Waals surface area (Å²) in [7, 11) is 0. The molecule has 4 heterocycles. The van der Waals surface area contributed by atoms with E-state index in [-0.39, 0.29) is 30.3 Å². The lowest BCUT2D eigenvalue weighted by molar-refractivity contribution is -0.136. The highest BCUT2D eigenvalue weighted by atomic mass is 16.6.